The van der Waals surface area contributed by atoms with Gasteiger partial charge < -0.3 is 5.32 Å². The van der Waals surface area contributed by atoms with Crippen molar-refractivity contribution in [3.63, 3.8) is 0 Å². The summed E-state index contributed by atoms with van der Waals surface area (Å²) in [5.74, 6) is 1.19. The predicted octanol–water partition coefficient (Wildman–Crippen LogP) is 1.35. The van der Waals surface area contributed by atoms with Gasteiger partial charge in [-0.3, -0.25) is 4.90 Å². The number of likely N-dealkylation sites (tertiary alicyclic amines) is 1. The van der Waals surface area contributed by atoms with Crippen molar-refractivity contribution in [2.24, 2.45) is 11.8 Å². The van der Waals surface area contributed by atoms with E-state index in [-0.39, 0.29) is 5.82 Å². The molecule has 0 amide bonds. The summed E-state index contributed by atoms with van der Waals surface area (Å²) in [5.41, 5.74) is 1.40. The third-order valence-corrected chi connectivity index (χ3v) is 4.05. The van der Waals surface area contributed by atoms with E-state index in [0.29, 0.717) is 12.1 Å². The van der Waals surface area contributed by atoms with Crippen LogP contribution in [0.1, 0.15) is 11.1 Å². The molecule has 0 radical (unpaired) electrons. The Morgan fingerprint density at radius 1 is 1.33 bits per heavy atom. The largest absolute Gasteiger partial charge is 0.316 e. The van der Waals surface area contributed by atoms with Gasteiger partial charge in [0.15, 0.2) is 0 Å². The molecule has 2 aliphatic rings. The predicted molar refractivity (Wildman–Crippen MR) is 66.2 cm³/mol. The summed E-state index contributed by atoms with van der Waals surface area (Å²) in [6.45, 7) is 4.98. The maximum atomic E-state index is 13.3. The fourth-order valence-electron chi connectivity index (χ4n) is 3.12. The molecule has 0 spiro atoms. The number of halogens is 1. The molecule has 1 N–H and O–H groups in total. The van der Waals surface area contributed by atoms with Crippen LogP contribution in [-0.2, 0) is 6.54 Å². The molecular weight excluding hydrogens is 229 g/mol. The maximum absolute atomic E-state index is 13.3. The zero-order valence-corrected chi connectivity index (χ0v) is 10.2. The number of nitriles is 1. The van der Waals surface area contributed by atoms with Crippen molar-refractivity contribution in [1.29, 1.82) is 5.26 Å². The average Bonchev–Trinajstić information content (AvgIpc) is 2.90. The topological polar surface area (TPSA) is 39.1 Å². The van der Waals surface area contributed by atoms with Crippen molar-refractivity contribution in [3.8, 4) is 6.07 Å². The minimum atomic E-state index is -0.259. The van der Waals surface area contributed by atoms with Crippen molar-refractivity contribution in [3.05, 3.63) is 35.1 Å². The Morgan fingerprint density at radius 2 is 2.06 bits per heavy atom. The number of nitrogens with zero attached hydrogens (tertiary/aromatic N) is 2. The highest BCUT2D eigenvalue weighted by Crippen LogP contribution is 2.28. The van der Waals surface area contributed by atoms with E-state index in [1.165, 1.54) is 12.1 Å². The van der Waals surface area contributed by atoms with Gasteiger partial charge in [0, 0.05) is 19.6 Å². The number of fused-ring (bicyclic) bond motifs is 1. The third-order valence-electron chi connectivity index (χ3n) is 4.05. The third kappa shape index (κ3) is 2.12. The van der Waals surface area contributed by atoms with Crippen LogP contribution in [0.2, 0.25) is 0 Å². The van der Waals surface area contributed by atoms with Gasteiger partial charge in [-0.25, -0.2) is 4.39 Å². The molecule has 2 unspecified atom stereocenters. The van der Waals surface area contributed by atoms with Crippen molar-refractivity contribution >= 4 is 0 Å². The maximum Gasteiger partial charge on any atom is 0.123 e. The van der Waals surface area contributed by atoms with Gasteiger partial charge >= 0.3 is 0 Å². The number of benzene rings is 1. The summed E-state index contributed by atoms with van der Waals surface area (Å²) in [6.07, 6.45) is 0. The number of hydrogen-bond acceptors (Lipinski definition) is 3. The second kappa shape index (κ2) is 4.68. The summed E-state index contributed by atoms with van der Waals surface area (Å²) >= 11 is 0. The SMILES string of the molecule is N#Cc1ccc(F)cc1CN1CC2CNCC2C1. The van der Waals surface area contributed by atoms with Gasteiger partial charge in [0.25, 0.3) is 0 Å². The molecule has 2 atom stereocenters. The Balaban J connectivity index is 1.74. The van der Waals surface area contributed by atoms with Crippen LogP contribution in [0.5, 0.6) is 0 Å². The summed E-state index contributed by atoms with van der Waals surface area (Å²) in [5, 5.41) is 12.4. The Hall–Kier alpha value is -1.44. The number of rotatable bonds is 2. The van der Waals surface area contributed by atoms with E-state index in [0.717, 1.165) is 43.6 Å². The lowest BCUT2D eigenvalue weighted by Gasteiger charge is -2.17. The first-order valence-electron chi connectivity index (χ1n) is 6.38. The zero-order valence-electron chi connectivity index (χ0n) is 10.2. The molecular formula is C14H16FN3. The summed E-state index contributed by atoms with van der Waals surface area (Å²) in [7, 11) is 0. The molecule has 0 aromatic heterocycles. The molecule has 2 saturated heterocycles. The molecule has 4 heteroatoms. The van der Waals surface area contributed by atoms with Crippen molar-refractivity contribution < 1.29 is 4.39 Å². The molecule has 1 aromatic carbocycles. The molecule has 3 nitrogen and oxygen atoms in total. The van der Waals surface area contributed by atoms with Gasteiger partial charge in [-0.15, -0.1) is 0 Å². The van der Waals surface area contributed by atoms with Gasteiger partial charge in [-0.1, -0.05) is 0 Å². The van der Waals surface area contributed by atoms with Crippen LogP contribution in [0, 0.1) is 29.0 Å². The molecule has 1 aromatic rings. The Labute approximate surface area is 106 Å². The van der Waals surface area contributed by atoms with Crippen molar-refractivity contribution in [2.75, 3.05) is 26.2 Å². The molecule has 0 bridgehead atoms. The van der Waals surface area contributed by atoms with Gasteiger partial charge in [-0.2, -0.15) is 5.26 Å². The fraction of sp³-hybridized carbons (Fsp3) is 0.500. The molecule has 0 saturated carbocycles. The number of nitrogens with one attached hydrogen (secondary N) is 1. The van der Waals surface area contributed by atoms with Crippen LogP contribution in [0.15, 0.2) is 18.2 Å². The molecule has 2 heterocycles. The van der Waals surface area contributed by atoms with Gasteiger partial charge in [0.05, 0.1) is 11.6 Å². The average molecular weight is 245 g/mol. The lowest BCUT2D eigenvalue weighted by Crippen LogP contribution is -2.25. The van der Waals surface area contributed by atoms with E-state index in [1.807, 2.05) is 0 Å². The van der Waals surface area contributed by atoms with Crippen LogP contribution in [0.3, 0.4) is 0 Å². The second-order valence-corrected chi connectivity index (χ2v) is 5.29. The van der Waals surface area contributed by atoms with Gasteiger partial charge in [0.2, 0.25) is 0 Å². The molecule has 94 valence electrons. The second-order valence-electron chi connectivity index (χ2n) is 5.29. The number of hydrogen-bond donors (Lipinski definition) is 1. The van der Waals surface area contributed by atoms with E-state index in [2.05, 4.69) is 16.3 Å². The Bertz CT molecular complexity index is 482. The quantitative estimate of drug-likeness (QED) is 0.855. The van der Waals surface area contributed by atoms with E-state index in [1.54, 1.807) is 6.07 Å². The first-order valence-corrected chi connectivity index (χ1v) is 6.38. The fourth-order valence-corrected chi connectivity index (χ4v) is 3.12. The first-order chi connectivity index (χ1) is 8.76. The standard InChI is InChI=1S/C14H16FN3/c15-14-2-1-10(4-16)11(3-14)7-18-8-12-5-17-6-13(12)9-18/h1-3,12-13,17H,5-9H2. The van der Waals surface area contributed by atoms with Gasteiger partial charge in [-0.05, 0) is 48.7 Å². The van der Waals surface area contributed by atoms with Crippen LogP contribution >= 0.6 is 0 Å². The minimum absolute atomic E-state index is 0.259. The van der Waals surface area contributed by atoms with Crippen LogP contribution in [0.4, 0.5) is 4.39 Å². The van der Waals surface area contributed by atoms with E-state index in [9.17, 15) is 4.39 Å². The summed E-state index contributed by atoms with van der Waals surface area (Å²) < 4.78 is 13.3. The lowest BCUT2D eigenvalue weighted by atomic mass is 10.0. The van der Waals surface area contributed by atoms with E-state index >= 15 is 0 Å². The molecule has 2 aliphatic heterocycles. The molecule has 0 aliphatic carbocycles. The van der Waals surface area contributed by atoms with Crippen molar-refractivity contribution in [2.45, 2.75) is 6.54 Å². The monoisotopic (exact) mass is 245 g/mol. The highest BCUT2D eigenvalue weighted by atomic mass is 19.1. The summed E-state index contributed by atoms with van der Waals surface area (Å²) in [4.78, 5) is 2.34. The first kappa shape index (κ1) is 11.6. The highest BCUT2D eigenvalue weighted by Gasteiger charge is 2.35. The summed E-state index contributed by atoms with van der Waals surface area (Å²) in [6, 6.07) is 6.56. The van der Waals surface area contributed by atoms with Crippen LogP contribution < -0.4 is 5.32 Å². The van der Waals surface area contributed by atoms with Gasteiger partial charge in [0.1, 0.15) is 5.82 Å². The van der Waals surface area contributed by atoms with Crippen LogP contribution in [-0.4, -0.2) is 31.1 Å². The molecule has 2 fully saturated rings. The molecule has 18 heavy (non-hydrogen) atoms. The molecule has 3 rings (SSSR count). The normalized spacial score (nSPS) is 27.1. The van der Waals surface area contributed by atoms with E-state index < -0.39 is 0 Å². The zero-order chi connectivity index (χ0) is 12.5. The van der Waals surface area contributed by atoms with Crippen molar-refractivity contribution in [1.82, 2.24) is 10.2 Å². The Morgan fingerprint density at radius 3 is 2.72 bits per heavy atom. The van der Waals surface area contributed by atoms with Crippen LogP contribution in [0.25, 0.3) is 0 Å². The smallest absolute Gasteiger partial charge is 0.123 e. The minimum Gasteiger partial charge on any atom is -0.316 e. The highest BCUT2D eigenvalue weighted by molar-refractivity contribution is 5.37. The van der Waals surface area contributed by atoms with E-state index in [4.69, 9.17) is 5.26 Å². The Kier molecular flexibility index (Phi) is 3.02. The lowest BCUT2D eigenvalue weighted by molar-refractivity contribution is 0.305.